The molecule has 0 bridgehead atoms. The lowest BCUT2D eigenvalue weighted by Crippen LogP contribution is -1.99. The molecule has 24 heavy (non-hydrogen) atoms. The van der Waals surface area contributed by atoms with Crippen LogP contribution in [0.15, 0.2) is 24.3 Å². The zero-order valence-electron chi connectivity index (χ0n) is 13.8. The first-order valence-electron chi connectivity index (χ1n) is 6.98. The SMILES string of the molecule is Cc1ccc([N+](=O)[O-])c(I)c1C.Cc1ccc([N+](=O)[O-])c(N)c1C. The summed E-state index contributed by atoms with van der Waals surface area (Å²) in [5.41, 5.74) is 9.81. The maximum atomic E-state index is 10.5. The Bertz CT molecular complexity index is 739. The zero-order chi connectivity index (χ0) is 18.6. The van der Waals surface area contributed by atoms with Gasteiger partial charge in [0, 0.05) is 12.1 Å². The molecule has 7 nitrogen and oxygen atoms in total. The molecule has 0 aromatic heterocycles. The average molecular weight is 443 g/mol. The minimum Gasteiger partial charge on any atom is -0.393 e. The van der Waals surface area contributed by atoms with Crippen molar-refractivity contribution in [2.75, 3.05) is 5.73 Å². The van der Waals surface area contributed by atoms with E-state index in [9.17, 15) is 20.2 Å². The fourth-order valence-electron chi connectivity index (χ4n) is 1.89. The summed E-state index contributed by atoms with van der Waals surface area (Å²) in [5, 5.41) is 20.9. The first-order chi connectivity index (χ1) is 11.1. The summed E-state index contributed by atoms with van der Waals surface area (Å²) in [4.78, 5) is 20.1. The van der Waals surface area contributed by atoms with E-state index in [1.54, 1.807) is 25.1 Å². The third-order valence-electron chi connectivity index (χ3n) is 3.79. The Morgan fingerprint density at radius 2 is 1.25 bits per heavy atom. The van der Waals surface area contributed by atoms with Crippen molar-refractivity contribution in [1.29, 1.82) is 0 Å². The molecule has 0 amide bonds. The maximum Gasteiger partial charge on any atom is 0.292 e. The number of nitro benzene ring substituents is 2. The number of nitrogens with zero attached hydrogens (tertiary/aromatic N) is 2. The molecule has 2 aromatic carbocycles. The van der Waals surface area contributed by atoms with Crippen molar-refractivity contribution >= 4 is 39.7 Å². The number of benzene rings is 2. The summed E-state index contributed by atoms with van der Waals surface area (Å²) in [6.07, 6.45) is 0. The summed E-state index contributed by atoms with van der Waals surface area (Å²) in [5.74, 6) is 0. The van der Waals surface area contributed by atoms with Crippen LogP contribution in [0.2, 0.25) is 0 Å². The van der Waals surface area contributed by atoms with Crippen molar-refractivity contribution in [1.82, 2.24) is 0 Å². The molecule has 2 rings (SSSR count). The minimum absolute atomic E-state index is 0.0156. The number of rotatable bonds is 2. The van der Waals surface area contributed by atoms with Crippen molar-refractivity contribution in [2.24, 2.45) is 0 Å². The van der Waals surface area contributed by atoms with Gasteiger partial charge in [-0.15, -0.1) is 0 Å². The number of nitrogen functional groups attached to an aromatic ring is 1. The lowest BCUT2D eigenvalue weighted by Gasteiger charge is -2.03. The Balaban J connectivity index is 0.000000240. The van der Waals surface area contributed by atoms with E-state index >= 15 is 0 Å². The number of nitrogens with two attached hydrogens (primary N) is 1. The van der Waals surface area contributed by atoms with Gasteiger partial charge >= 0.3 is 0 Å². The Kier molecular flexibility index (Phi) is 6.64. The Hall–Kier alpha value is -2.23. The van der Waals surface area contributed by atoms with E-state index in [1.165, 1.54) is 6.07 Å². The Labute approximate surface area is 153 Å². The Morgan fingerprint density at radius 3 is 1.71 bits per heavy atom. The normalized spacial score (nSPS) is 9.88. The predicted octanol–water partition coefficient (Wildman–Crippen LogP) is 4.61. The zero-order valence-corrected chi connectivity index (χ0v) is 15.9. The van der Waals surface area contributed by atoms with Gasteiger partial charge in [-0.1, -0.05) is 12.1 Å². The molecule has 128 valence electrons. The van der Waals surface area contributed by atoms with Gasteiger partial charge in [0.2, 0.25) is 0 Å². The van der Waals surface area contributed by atoms with E-state index in [2.05, 4.69) is 0 Å². The molecular weight excluding hydrogens is 425 g/mol. The maximum absolute atomic E-state index is 10.5. The summed E-state index contributed by atoms with van der Waals surface area (Å²) in [7, 11) is 0. The van der Waals surface area contributed by atoms with Crippen LogP contribution in [0.5, 0.6) is 0 Å². The van der Waals surface area contributed by atoms with Gasteiger partial charge < -0.3 is 5.73 Å². The number of anilines is 1. The number of nitro groups is 2. The molecule has 0 unspecified atom stereocenters. The highest BCUT2D eigenvalue weighted by Crippen LogP contribution is 2.27. The van der Waals surface area contributed by atoms with Crippen LogP contribution in [0.3, 0.4) is 0 Å². The highest BCUT2D eigenvalue weighted by Gasteiger charge is 2.14. The van der Waals surface area contributed by atoms with Gasteiger partial charge in [-0.25, -0.2) is 0 Å². The third-order valence-corrected chi connectivity index (χ3v) is 5.15. The van der Waals surface area contributed by atoms with Crippen LogP contribution in [0.25, 0.3) is 0 Å². The van der Waals surface area contributed by atoms with Crippen molar-refractivity contribution in [3.63, 3.8) is 0 Å². The van der Waals surface area contributed by atoms with Crippen LogP contribution >= 0.6 is 22.6 Å². The fraction of sp³-hybridized carbons (Fsp3) is 0.250. The highest BCUT2D eigenvalue weighted by molar-refractivity contribution is 14.1. The first-order valence-corrected chi connectivity index (χ1v) is 8.06. The molecule has 0 radical (unpaired) electrons. The lowest BCUT2D eigenvalue weighted by molar-refractivity contribution is -0.385. The van der Waals surface area contributed by atoms with E-state index in [0.717, 1.165) is 25.8 Å². The van der Waals surface area contributed by atoms with Gasteiger partial charge in [0.15, 0.2) is 0 Å². The first kappa shape index (κ1) is 19.8. The molecule has 0 fully saturated rings. The second-order valence-corrected chi connectivity index (χ2v) is 6.37. The van der Waals surface area contributed by atoms with E-state index in [0.29, 0.717) is 0 Å². The standard InChI is InChI=1S/C8H8INO2.C8H10N2O2/c2*1-5-3-4-7(10(11)12)8(9)6(5)2/h3-4H,1-2H3;3-4H,9H2,1-2H3. The van der Waals surface area contributed by atoms with Crippen LogP contribution in [0, 0.1) is 51.5 Å². The van der Waals surface area contributed by atoms with Gasteiger partial charge in [0.1, 0.15) is 5.69 Å². The minimum atomic E-state index is -0.470. The summed E-state index contributed by atoms with van der Waals surface area (Å²) >= 11 is 2.00. The molecule has 0 saturated heterocycles. The number of aryl methyl sites for hydroxylation is 2. The number of halogens is 1. The van der Waals surface area contributed by atoms with Crippen LogP contribution in [-0.2, 0) is 0 Å². The van der Waals surface area contributed by atoms with Crippen molar-refractivity contribution in [3.05, 3.63) is 70.3 Å². The third kappa shape index (κ3) is 4.40. The molecule has 0 atom stereocenters. The topological polar surface area (TPSA) is 112 Å². The number of hydrogen-bond donors (Lipinski definition) is 1. The average Bonchev–Trinajstić information content (AvgIpc) is 2.50. The monoisotopic (exact) mass is 443 g/mol. The fourth-order valence-corrected chi connectivity index (χ4v) is 2.69. The largest absolute Gasteiger partial charge is 0.393 e. The molecule has 0 heterocycles. The van der Waals surface area contributed by atoms with Crippen LogP contribution in [-0.4, -0.2) is 9.85 Å². The van der Waals surface area contributed by atoms with Crippen LogP contribution in [0.4, 0.5) is 17.1 Å². The van der Waals surface area contributed by atoms with Gasteiger partial charge in [-0.2, -0.15) is 0 Å². The van der Waals surface area contributed by atoms with Crippen molar-refractivity contribution in [2.45, 2.75) is 27.7 Å². The van der Waals surface area contributed by atoms with Gasteiger partial charge in [-0.05, 0) is 72.5 Å². The molecule has 0 aliphatic rings. The van der Waals surface area contributed by atoms with E-state index in [4.69, 9.17) is 5.73 Å². The van der Waals surface area contributed by atoms with Gasteiger partial charge in [0.25, 0.3) is 11.4 Å². The van der Waals surface area contributed by atoms with Crippen molar-refractivity contribution in [3.8, 4) is 0 Å². The van der Waals surface area contributed by atoms with Crippen LogP contribution in [0.1, 0.15) is 22.3 Å². The Morgan fingerprint density at radius 1 is 0.833 bits per heavy atom. The summed E-state index contributed by atoms with van der Waals surface area (Å²) in [6, 6.07) is 6.45. The van der Waals surface area contributed by atoms with Crippen molar-refractivity contribution < 1.29 is 9.85 Å². The quantitative estimate of drug-likeness (QED) is 0.315. The molecule has 0 saturated carbocycles. The van der Waals surface area contributed by atoms with E-state index in [1.807, 2.05) is 43.4 Å². The molecule has 0 spiro atoms. The second kappa shape index (κ2) is 8.04. The second-order valence-electron chi connectivity index (χ2n) is 5.30. The summed E-state index contributed by atoms with van der Waals surface area (Å²) < 4.78 is 0.734. The molecular formula is C16H18IN3O4. The predicted molar refractivity (Wildman–Crippen MR) is 102 cm³/mol. The van der Waals surface area contributed by atoms with Gasteiger partial charge in [0.05, 0.1) is 13.4 Å². The van der Waals surface area contributed by atoms with Gasteiger partial charge in [-0.3, -0.25) is 20.2 Å². The smallest absolute Gasteiger partial charge is 0.292 e. The highest BCUT2D eigenvalue weighted by atomic mass is 127. The van der Waals surface area contributed by atoms with Crippen LogP contribution < -0.4 is 5.73 Å². The molecule has 0 aliphatic heterocycles. The lowest BCUT2D eigenvalue weighted by atomic mass is 10.1. The van der Waals surface area contributed by atoms with E-state index in [-0.39, 0.29) is 22.0 Å². The molecule has 8 heteroatoms. The number of hydrogen-bond acceptors (Lipinski definition) is 5. The molecule has 2 N–H and O–H groups in total. The molecule has 2 aromatic rings. The molecule has 0 aliphatic carbocycles. The summed E-state index contributed by atoms with van der Waals surface area (Å²) in [6.45, 7) is 7.48. The van der Waals surface area contributed by atoms with E-state index < -0.39 is 4.92 Å².